The molecule has 3 rings (SSSR count). The van der Waals surface area contributed by atoms with Gasteiger partial charge in [0.15, 0.2) is 5.96 Å². The average molecular weight is 515 g/mol. The molecule has 7 heteroatoms. The molecule has 0 radical (unpaired) electrons. The van der Waals surface area contributed by atoms with Crippen molar-refractivity contribution < 1.29 is 9.47 Å². The lowest BCUT2D eigenvalue weighted by molar-refractivity contribution is 0.0505. The Morgan fingerprint density at radius 3 is 2.68 bits per heavy atom. The topological polar surface area (TPSA) is 54.9 Å². The summed E-state index contributed by atoms with van der Waals surface area (Å²) in [4.78, 5) is 5.68. The Morgan fingerprint density at radius 2 is 2.04 bits per heavy atom. The number of halogens is 1. The third-order valence-corrected chi connectivity index (χ3v) is 6.08. The fraction of sp³-hybridized carbons (Fsp3) is 0.476. The lowest BCUT2D eigenvalue weighted by Crippen LogP contribution is -2.48. The molecule has 1 fully saturated rings. The Balaban J connectivity index is 0.00000280. The van der Waals surface area contributed by atoms with Gasteiger partial charge in [-0.2, -0.15) is 0 Å². The van der Waals surface area contributed by atoms with Gasteiger partial charge in [-0.1, -0.05) is 23.8 Å². The van der Waals surface area contributed by atoms with Crippen molar-refractivity contribution in [3.05, 3.63) is 51.7 Å². The minimum Gasteiger partial charge on any atom is -0.496 e. The fourth-order valence-corrected chi connectivity index (χ4v) is 4.24. The van der Waals surface area contributed by atoms with Crippen molar-refractivity contribution in [2.45, 2.75) is 31.7 Å². The molecule has 5 nitrogen and oxygen atoms in total. The van der Waals surface area contributed by atoms with Crippen LogP contribution < -0.4 is 15.4 Å². The number of nitrogens with zero attached hydrogens (tertiary/aromatic N) is 1. The highest BCUT2D eigenvalue weighted by atomic mass is 127. The van der Waals surface area contributed by atoms with Gasteiger partial charge in [0, 0.05) is 42.7 Å². The van der Waals surface area contributed by atoms with Gasteiger partial charge in [-0.15, -0.1) is 35.3 Å². The molecule has 0 unspecified atom stereocenters. The predicted octanol–water partition coefficient (Wildman–Crippen LogP) is 4.10. The number of methoxy groups -OCH3 is 1. The Labute approximate surface area is 189 Å². The Morgan fingerprint density at radius 1 is 1.25 bits per heavy atom. The first-order valence-electron chi connectivity index (χ1n) is 9.37. The molecular formula is C21H30IN3O2S. The number of aliphatic imine (C=N–C) groups is 1. The smallest absolute Gasteiger partial charge is 0.191 e. The van der Waals surface area contributed by atoms with Crippen LogP contribution in [0.1, 0.15) is 28.8 Å². The summed E-state index contributed by atoms with van der Waals surface area (Å²) in [6.07, 6.45) is 1.92. The van der Waals surface area contributed by atoms with E-state index < -0.39 is 0 Å². The molecule has 2 aromatic rings. The van der Waals surface area contributed by atoms with Gasteiger partial charge in [0.25, 0.3) is 0 Å². The number of hydrogen-bond acceptors (Lipinski definition) is 4. The molecule has 2 heterocycles. The van der Waals surface area contributed by atoms with Gasteiger partial charge in [-0.3, -0.25) is 4.99 Å². The summed E-state index contributed by atoms with van der Waals surface area (Å²) < 4.78 is 11.4. The summed E-state index contributed by atoms with van der Waals surface area (Å²) in [6, 6.07) is 10.6. The van der Waals surface area contributed by atoms with Crippen LogP contribution in [0, 0.1) is 6.92 Å². The number of ether oxygens (including phenoxy) is 2. The zero-order valence-corrected chi connectivity index (χ0v) is 19.9. The lowest BCUT2D eigenvalue weighted by atomic mass is 9.73. The van der Waals surface area contributed by atoms with Crippen LogP contribution in [0.2, 0.25) is 0 Å². The number of benzene rings is 1. The Kier molecular flexibility index (Phi) is 9.04. The molecular weight excluding hydrogens is 485 g/mol. The number of thiophene rings is 1. The molecule has 1 aromatic carbocycles. The molecule has 0 saturated carbocycles. The SMILES string of the molecule is CN=C(NCc1cccs1)NCC1(c2cc(C)ccc2OC)CCOCC1.I. The van der Waals surface area contributed by atoms with E-state index in [2.05, 4.69) is 58.3 Å². The minimum atomic E-state index is -0.0316. The minimum absolute atomic E-state index is 0. The number of aryl methyl sites for hydroxylation is 1. The van der Waals surface area contributed by atoms with Crippen molar-refractivity contribution in [2.75, 3.05) is 33.9 Å². The fourth-order valence-electron chi connectivity index (χ4n) is 3.60. The molecule has 1 aromatic heterocycles. The number of hydrogen-bond donors (Lipinski definition) is 2. The van der Waals surface area contributed by atoms with Crippen LogP contribution in [0.25, 0.3) is 0 Å². The molecule has 2 N–H and O–H groups in total. The van der Waals surface area contributed by atoms with Crippen molar-refractivity contribution in [3.63, 3.8) is 0 Å². The van der Waals surface area contributed by atoms with Gasteiger partial charge in [-0.05, 0) is 37.3 Å². The van der Waals surface area contributed by atoms with Crippen molar-refractivity contribution in [2.24, 2.45) is 4.99 Å². The number of rotatable bonds is 6. The second-order valence-corrected chi connectivity index (χ2v) is 7.99. The monoisotopic (exact) mass is 515 g/mol. The van der Waals surface area contributed by atoms with E-state index in [1.165, 1.54) is 16.0 Å². The summed E-state index contributed by atoms with van der Waals surface area (Å²) in [6.45, 7) is 5.23. The molecule has 1 saturated heterocycles. The van der Waals surface area contributed by atoms with E-state index >= 15 is 0 Å². The van der Waals surface area contributed by atoms with Gasteiger partial charge in [0.1, 0.15) is 5.75 Å². The van der Waals surface area contributed by atoms with Crippen LogP contribution in [0.5, 0.6) is 5.75 Å². The summed E-state index contributed by atoms with van der Waals surface area (Å²) in [5.74, 6) is 1.77. The summed E-state index contributed by atoms with van der Waals surface area (Å²) in [5, 5.41) is 9.04. The summed E-state index contributed by atoms with van der Waals surface area (Å²) in [5.41, 5.74) is 2.47. The molecule has 0 amide bonds. The molecule has 1 aliphatic heterocycles. The second-order valence-electron chi connectivity index (χ2n) is 6.96. The van der Waals surface area contributed by atoms with Crippen LogP contribution >= 0.6 is 35.3 Å². The Bertz CT molecular complexity index is 759. The van der Waals surface area contributed by atoms with Gasteiger partial charge < -0.3 is 20.1 Å². The van der Waals surface area contributed by atoms with E-state index in [1.807, 2.05) is 7.05 Å². The third kappa shape index (κ3) is 5.61. The molecule has 0 bridgehead atoms. The summed E-state index contributed by atoms with van der Waals surface area (Å²) >= 11 is 1.75. The maximum Gasteiger partial charge on any atom is 0.191 e. The van der Waals surface area contributed by atoms with Gasteiger partial charge in [-0.25, -0.2) is 0 Å². The molecule has 0 aliphatic carbocycles. The van der Waals surface area contributed by atoms with Crippen LogP contribution in [0.4, 0.5) is 0 Å². The van der Waals surface area contributed by atoms with E-state index in [-0.39, 0.29) is 29.4 Å². The van der Waals surface area contributed by atoms with E-state index in [9.17, 15) is 0 Å². The zero-order chi connectivity index (χ0) is 19.1. The van der Waals surface area contributed by atoms with Crippen molar-refractivity contribution in [1.29, 1.82) is 0 Å². The normalized spacial score (nSPS) is 16.2. The van der Waals surface area contributed by atoms with Gasteiger partial charge >= 0.3 is 0 Å². The molecule has 1 aliphatic rings. The lowest BCUT2D eigenvalue weighted by Gasteiger charge is -2.39. The molecule has 0 atom stereocenters. The molecule has 28 heavy (non-hydrogen) atoms. The van der Waals surface area contributed by atoms with Crippen LogP contribution in [-0.4, -0.2) is 39.9 Å². The van der Waals surface area contributed by atoms with Crippen LogP contribution in [0.15, 0.2) is 40.7 Å². The van der Waals surface area contributed by atoms with E-state index in [1.54, 1.807) is 18.4 Å². The van der Waals surface area contributed by atoms with Crippen molar-refractivity contribution in [1.82, 2.24) is 10.6 Å². The largest absolute Gasteiger partial charge is 0.496 e. The van der Waals surface area contributed by atoms with Gasteiger partial charge in [0.2, 0.25) is 0 Å². The first-order chi connectivity index (χ1) is 13.2. The first kappa shape index (κ1) is 23.0. The van der Waals surface area contributed by atoms with Crippen LogP contribution in [0.3, 0.4) is 0 Å². The van der Waals surface area contributed by atoms with Crippen LogP contribution in [-0.2, 0) is 16.7 Å². The maximum absolute atomic E-state index is 5.70. The highest BCUT2D eigenvalue weighted by Crippen LogP contribution is 2.40. The number of nitrogens with one attached hydrogen (secondary N) is 2. The van der Waals surface area contributed by atoms with E-state index in [4.69, 9.17) is 9.47 Å². The third-order valence-electron chi connectivity index (χ3n) is 5.20. The summed E-state index contributed by atoms with van der Waals surface area (Å²) in [7, 11) is 3.56. The quantitative estimate of drug-likeness (QED) is 0.346. The highest BCUT2D eigenvalue weighted by Gasteiger charge is 2.37. The highest BCUT2D eigenvalue weighted by molar-refractivity contribution is 14.0. The first-order valence-corrected chi connectivity index (χ1v) is 10.2. The standard InChI is InChI=1S/C21H29N3O2S.HI/c1-16-6-7-19(25-3)18(13-16)21(8-10-26-11-9-21)15-24-20(22-2)23-14-17-5-4-12-27-17;/h4-7,12-13H,8-11,14-15H2,1-3H3,(H2,22,23,24);1H. The zero-order valence-electron chi connectivity index (χ0n) is 16.8. The Hall–Kier alpha value is -1.32. The maximum atomic E-state index is 5.70. The molecule has 0 spiro atoms. The van der Waals surface area contributed by atoms with E-state index in [0.29, 0.717) is 0 Å². The number of guanidine groups is 1. The predicted molar refractivity (Wildman–Crippen MR) is 127 cm³/mol. The van der Waals surface area contributed by atoms with Gasteiger partial charge in [0.05, 0.1) is 13.7 Å². The molecule has 154 valence electrons. The van der Waals surface area contributed by atoms with Crippen molar-refractivity contribution >= 4 is 41.3 Å². The van der Waals surface area contributed by atoms with E-state index in [0.717, 1.165) is 50.9 Å². The van der Waals surface area contributed by atoms with Crippen molar-refractivity contribution in [3.8, 4) is 5.75 Å². The average Bonchev–Trinajstić information content (AvgIpc) is 3.22. The second kappa shape index (κ2) is 11.0.